The maximum Gasteiger partial charge on any atom is 0.287 e. The summed E-state index contributed by atoms with van der Waals surface area (Å²) in [6.07, 6.45) is 1.59. The lowest BCUT2D eigenvalue weighted by Gasteiger charge is -2.11. The maximum absolute atomic E-state index is 13.1. The quantitative estimate of drug-likeness (QED) is 0.594. The fourth-order valence-electron chi connectivity index (χ4n) is 3.01. The monoisotopic (exact) mass is 369 g/mol. The molecule has 0 aliphatic heterocycles. The number of benzene rings is 2. The van der Waals surface area contributed by atoms with Gasteiger partial charge in [0, 0.05) is 19.6 Å². The minimum Gasteiger partial charge on any atom is -0.348 e. The molecule has 27 heavy (non-hydrogen) atoms. The van der Waals surface area contributed by atoms with Crippen LogP contribution in [0.2, 0.25) is 0 Å². The van der Waals surface area contributed by atoms with Crippen molar-refractivity contribution in [2.45, 2.75) is 18.9 Å². The Morgan fingerprint density at radius 1 is 1.22 bits per heavy atom. The van der Waals surface area contributed by atoms with Crippen LogP contribution in [0.25, 0.3) is 22.2 Å². The number of fused-ring (bicyclic) bond motifs is 1. The lowest BCUT2D eigenvalue weighted by molar-refractivity contribution is 0.0937. The van der Waals surface area contributed by atoms with Crippen molar-refractivity contribution in [3.8, 4) is 11.1 Å². The summed E-state index contributed by atoms with van der Waals surface area (Å²) >= 11 is 0. The average Bonchev–Trinajstić information content (AvgIpc) is 3.01. The first-order valence-electron chi connectivity index (χ1n) is 8.96. The molecule has 2 aromatic carbocycles. The molecule has 0 radical (unpaired) electrons. The molecule has 1 aromatic heterocycles. The first-order valence-corrected chi connectivity index (χ1v) is 8.96. The van der Waals surface area contributed by atoms with Crippen LogP contribution in [0.15, 0.2) is 42.5 Å². The Morgan fingerprint density at radius 2 is 1.93 bits per heavy atom. The number of aryl methyl sites for hydroxylation is 1. The summed E-state index contributed by atoms with van der Waals surface area (Å²) in [5.74, 6) is -0.214. The Morgan fingerprint density at radius 3 is 2.63 bits per heavy atom. The lowest BCUT2D eigenvalue weighted by Crippen LogP contribution is -2.38. The maximum atomic E-state index is 13.1. The standard InChI is InChI=1S/C20H24FN5O/c1-26-18-9-6-14(13-4-7-15(21)8-5-13)11-17(18)25-19(26)20(27)24-12-16(23)3-2-10-22/h4-9,11,16H,2-3,10,12,22-23H2,1H3,(H,24,27)/t16-/m1/s1. The van der Waals surface area contributed by atoms with Gasteiger partial charge in [-0.05, 0) is 54.8 Å². The van der Waals surface area contributed by atoms with Gasteiger partial charge in [0.05, 0.1) is 11.0 Å². The van der Waals surface area contributed by atoms with E-state index in [0.717, 1.165) is 29.5 Å². The Hall–Kier alpha value is -2.77. The molecule has 0 unspecified atom stereocenters. The molecule has 0 aliphatic rings. The summed E-state index contributed by atoms with van der Waals surface area (Å²) in [5.41, 5.74) is 14.8. The molecule has 142 valence electrons. The van der Waals surface area contributed by atoms with E-state index >= 15 is 0 Å². The van der Waals surface area contributed by atoms with Crippen LogP contribution in [0.1, 0.15) is 23.5 Å². The number of carbonyl (C=O) groups excluding carboxylic acids is 1. The highest BCUT2D eigenvalue weighted by atomic mass is 19.1. The summed E-state index contributed by atoms with van der Waals surface area (Å²) in [6.45, 7) is 0.964. The third kappa shape index (κ3) is 4.32. The molecular formula is C20H24FN5O. The first-order chi connectivity index (χ1) is 13.0. The van der Waals surface area contributed by atoms with E-state index in [1.807, 2.05) is 18.2 Å². The molecule has 0 fully saturated rings. The second-order valence-electron chi connectivity index (χ2n) is 6.61. The van der Waals surface area contributed by atoms with E-state index in [1.165, 1.54) is 12.1 Å². The fourth-order valence-corrected chi connectivity index (χ4v) is 3.01. The number of amides is 1. The van der Waals surface area contributed by atoms with Gasteiger partial charge in [0.15, 0.2) is 5.82 Å². The molecule has 0 aliphatic carbocycles. The van der Waals surface area contributed by atoms with E-state index in [1.54, 1.807) is 23.7 Å². The summed E-state index contributed by atoms with van der Waals surface area (Å²) in [6, 6.07) is 11.9. The summed E-state index contributed by atoms with van der Waals surface area (Å²) in [4.78, 5) is 17.0. The van der Waals surface area contributed by atoms with E-state index < -0.39 is 0 Å². The molecule has 1 heterocycles. The number of nitrogens with zero attached hydrogens (tertiary/aromatic N) is 2. The van der Waals surface area contributed by atoms with Gasteiger partial charge in [-0.2, -0.15) is 0 Å². The predicted molar refractivity (Wildman–Crippen MR) is 105 cm³/mol. The Kier molecular flexibility index (Phi) is 5.83. The van der Waals surface area contributed by atoms with Gasteiger partial charge in [-0.1, -0.05) is 18.2 Å². The first kappa shape index (κ1) is 19.0. The number of halogens is 1. The number of imidazole rings is 1. The summed E-state index contributed by atoms with van der Waals surface area (Å²) in [7, 11) is 1.80. The fraction of sp³-hybridized carbons (Fsp3) is 0.300. The van der Waals surface area contributed by atoms with Crippen LogP contribution in [-0.2, 0) is 7.05 Å². The van der Waals surface area contributed by atoms with Crippen LogP contribution in [0.3, 0.4) is 0 Å². The highest BCUT2D eigenvalue weighted by Gasteiger charge is 2.16. The van der Waals surface area contributed by atoms with Crippen LogP contribution >= 0.6 is 0 Å². The van der Waals surface area contributed by atoms with Crippen LogP contribution in [0, 0.1) is 5.82 Å². The van der Waals surface area contributed by atoms with Crippen molar-refractivity contribution in [1.82, 2.24) is 14.9 Å². The number of hydrogen-bond donors (Lipinski definition) is 3. The van der Waals surface area contributed by atoms with Gasteiger partial charge in [0.25, 0.3) is 5.91 Å². The van der Waals surface area contributed by atoms with Gasteiger partial charge < -0.3 is 21.4 Å². The molecule has 1 atom stereocenters. The Bertz CT molecular complexity index is 935. The Balaban J connectivity index is 1.79. The SMILES string of the molecule is Cn1c(C(=O)NC[C@H](N)CCCN)nc2cc(-c3ccc(F)cc3)ccc21. The van der Waals surface area contributed by atoms with E-state index in [-0.39, 0.29) is 17.8 Å². The topological polar surface area (TPSA) is 99.0 Å². The van der Waals surface area contributed by atoms with E-state index in [0.29, 0.717) is 24.4 Å². The summed E-state index contributed by atoms with van der Waals surface area (Å²) in [5, 5.41) is 2.83. The molecule has 0 saturated carbocycles. The number of nitrogens with two attached hydrogens (primary N) is 2. The predicted octanol–water partition coefficient (Wildman–Crippen LogP) is 2.18. The summed E-state index contributed by atoms with van der Waals surface area (Å²) < 4.78 is 14.9. The van der Waals surface area contributed by atoms with Gasteiger partial charge in [-0.15, -0.1) is 0 Å². The van der Waals surface area contributed by atoms with E-state index in [2.05, 4.69) is 10.3 Å². The molecule has 5 N–H and O–H groups in total. The molecule has 3 rings (SSSR count). The zero-order chi connectivity index (χ0) is 19.4. The number of rotatable bonds is 7. The number of hydrogen-bond acceptors (Lipinski definition) is 4. The molecule has 0 spiro atoms. The Labute approximate surface area is 157 Å². The molecule has 1 amide bonds. The molecular weight excluding hydrogens is 345 g/mol. The van der Waals surface area contributed by atoms with Crippen LogP contribution in [-0.4, -0.2) is 34.6 Å². The molecule has 3 aromatic rings. The highest BCUT2D eigenvalue weighted by Crippen LogP contribution is 2.24. The highest BCUT2D eigenvalue weighted by molar-refractivity contribution is 5.95. The second-order valence-corrected chi connectivity index (χ2v) is 6.61. The zero-order valence-corrected chi connectivity index (χ0v) is 15.3. The number of nitrogens with one attached hydrogen (secondary N) is 1. The van der Waals surface area contributed by atoms with Gasteiger partial charge in [-0.25, -0.2) is 9.37 Å². The van der Waals surface area contributed by atoms with Crippen molar-refractivity contribution in [2.75, 3.05) is 13.1 Å². The van der Waals surface area contributed by atoms with Gasteiger partial charge in [-0.3, -0.25) is 4.79 Å². The molecule has 0 bridgehead atoms. The molecule has 0 saturated heterocycles. The normalized spacial score (nSPS) is 12.3. The zero-order valence-electron chi connectivity index (χ0n) is 15.3. The smallest absolute Gasteiger partial charge is 0.287 e. The van der Waals surface area contributed by atoms with Crippen molar-refractivity contribution in [1.29, 1.82) is 0 Å². The largest absolute Gasteiger partial charge is 0.348 e. The lowest BCUT2D eigenvalue weighted by atomic mass is 10.1. The molecule has 6 nitrogen and oxygen atoms in total. The van der Waals surface area contributed by atoms with Crippen molar-refractivity contribution in [2.24, 2.45) is 18.5 Å². The second kappa shape index (κ2) is 8.28. The van der Waals surface area contributed by atoms with Gasteiger partial charge in [0.2, 0.25) is 0 Å². The van der Waals surface area contributed by atoms with Crippen molar-refractivity contribution in [3.63, 3.8) is 0 Å². The average molecular weight is 369 g/mol. The minimum atomic E-state index is -0.277. The van der Waals surface area contributed by atoms with Crippen LogP contribution in [0.5, 0.6) is 0 Å². The van der Waals surface area contributed by atoms with Gasteiger partial charge >= 0.3 is 0 Å². The number of aromatic nitrogens is 2. The van der Waals surface area contributed by atoms with Crippen molar-refractivity contribution >= 4 is 16.9 Å². The van der Waals surface area contributed by atoms with Crippen LogP contribution in [0.4, 0.5) is 4.39 Å². The van der Waals surface area contributed by atoms with Crippen molar-refractivity contribution in [3.05, 3.63) is 54.1 Å². The van der Waals surface area contributed by atoms with E-state index in [4.69, 9.17) is 11.5 Å². The van der Waals surface area contributed by atoms with Crippen molar-refractivity contribution < 1.29 is 9.18 Å². The third-order valence-corrected chi connectivity index (χ3v) is 4.57. The number of carbonyl (C=O) groups is 1. The van der Waals surface area contributed by atoms with Crippen LogP contribution < -0.4 is 16.8 Å². The van der Waals surface area contributed by atoms with Gasteiger partial charge in [0.1, 0.15) is 5.82 Å². The minimum absolute atomic E-state index is 0.128. The third-order valence-electron chi connectivity index (χ3n) is 4.57. The van der Waals surface area contributed by atoms with E-state index in [9.17, 15) is 9.18 Å². The molecule has 7 heteroatoms.